The lowest BCUT2D eigenvalue weighted by molar-refractivity contribution is -0.387. The second-order valence-corrected chi connectivity index (χ2v) is 8.55. The Kier molecular flexibility index (Phi) is 4.35. The van der Waals surface area contributed by atoms with Crippen LogP contribution >= 0.6 is 11.6 Å². The summed E-state index contributed by atoms with van der Waals surface area (Å²) in [6, 6.07) is 3.69. The van der Waals surface area contributed by atoms with Crippen LogP contribution in [0.5, 0.6) is 0 Å². The summed E-state index contributed by atoms with van der Waals surface area (Å²) >= 11 is 5.77. The summed E-state index contributed by atoms with van der Waals surface area (Å²) in [5, 5.41) is 14.6. The molecular formula is C14H18ClN3O4S. The van der Waals surface area contributed by atoms with E-state index in [0.29, 0.717) is 13.1 Å². The van der Waals surface area contributed by atoms with Crippen molar-refractivity contribution >= 4 is 27.3 Å². The van der Waals surface area contributed by atoms with Crippen LogP contribution in [0.3, 0.4) is 0 Å². The van der Waals surface area contributed by atoms with Crippen LogP contribution < -0.4 is 5.32 Å². The van der Waals surface area contributed by atoms with E-state index in [1.165, 1.54) is 16.4 Å². The maximum atomic E-state index is 12.9. The van der Waals surface area contributed by atoms with Crippen LogP contribution in [0, 0.1) is 15.5 Å². The summed E-state index contributed by atoms with van der Waals surface area (Å²) in [7, 11) is -3.89. The second-order valence-electron chi connectivity index (χ2n) is 6.21. The Bertz CT molecular complexity index is 732. The fourth-order valence-electron chi connectivity index (χ4n) is 3.45. The molecule has 3 rings (SSSR count). The van der Waals surface area contributed by atoms with E-state index in [4.69, 9.17) is 11.6 Å². The molecule has 2 fully saturated rings. The molecule has 0 bridgehead atoms. The number of rotatable bonds is 3. The molecular weight excluding hydrogens is 342 g/mol. The van der Waals surface area contributed by atoms with Crippen molar-refractivity contribution in [1.82, 2.24) is 9.62 Å². The third kappa shape index (κ3) is 3.08. The van der Waals surface area contributed by atoms with Crippen molar-refractivity contribution in [2.45, 2.75) is 24.2 Å². The third-order valence-electron chi connectivity index (χ3n) is 4.80. The third-order valence-corrected chi connectivity index (χ3v) is 6.93. The number of nitrogens with zero attached hydrogens (tertiary/aromatic N) is 2. The van der Waals surface area contributed by atoms with Gasteiger partial charge in [-0.25, -0.2) is 8.42 Å². The van der Waals surface area contributed by atoms with Gasteiger partial charge in [0.15, 0.2) is 4.90 Å². The van der Waals surface area contributed by atoms with Crippen LogP contribution in [-0.2, 0) is 10.0 Å². The molecule has 0 aliphatic carbocycles. The molecule has 126 valence electrons. The van der Waals surface area contributed by atoms with Gasteiger partial charge in [0.05, 0.1) is 4.92 Å². The average Bonchev–Trinajstić information content (AvgIpc) is 2.92. The second kappa shape index (κ2) is 6.01. The van der Waals surface area contributed by atoms with Crippen LogP contribution in [-0.4, -0.2) is 43.8 Å². The smallest absolute Gasteiger partial charge is 0.290 e. The Morgan fingerprint density at radius 3 is 2.61 bits per heavy atom. The van der Waals surface area contributed by atoms with Gasteiger partial charge >= 0.3 is 0 Å². The molecule has 0 amide bonds. The van der Waals surface area contributed by atoms with Crippen molar-refractivity contribution in [3.8, 4) is 0 Å². The summed E-state index contributed by atoms with van der Waals surface area (Å²) in [6.07, 6.45) is 2.67. The summed E-state index contributed by atoms with van der Waals surface area (Å²) in [5.41, 5.74) is -0.469. The predicted molar refractivity (Wildman–Crippen MR) is 86.0 cm³/mol. The summed E-state index contributed by atoms with van der Waals surface area (Å²) in [4.78, 5) is 10.2. The van der Waals surface area contributed by atoms with Crippen molar-refractivity contribution in [2.24, 2.45) is 5.41 Å². The lowest BCUT2D eigenvalue weighted by Crippen LogP contribution is -2.39. The van der Waals surface area contributed by atoms with E-state index in [1.54, 1.807) is 0 Å². The van der Waals surface area contributed by atoms with Gasteiger partial charge in [0, 0.05) is 24.2 Å². The minimum absolute atomic E-state index is 0.000471. The van der Waals surface area contributed by atoms with Gasteiger partial charge in [-0.2, -0.15) is 4.31 Å². The molecule has 2 heterocycles. The first-order chi connectivity index (χ1) is 10.8. The van der Waals surface area contributed by atoms with Gasteiger partial charge in [-0.1, -0.05) is 11.6 Å². The lowest BCUT2D eigenvalue weighted by atomic mass is 9.78. The highest BCUT2D eigenvalue weighted by molar-refractivity contribution is 7.89. The van der Waals surface area contributed by atoms with Crippen molar-refractivity contribution in [1.29, 1.82) is 0 Å². The Morgan fingerprint density at radius 2 is 1.96 bits per heavy atom. The molecule has 0 unspecified atom stereocenters. The summed E-state index contributed by atoms with van der Waals surface area (Å²) < 4.78 is 27.1. The lowest BCUT2D eigenvalue weighted by Gasteiger charge is -2.33. The first kappa shape index (κ1) is 16.6. The van der Waals surface area contributed by atoms with Crippen LogP contribution in [0.2, 0.25) is 5.02 Å². The molecule has 9 heteroatoms. The highest BCUT2D eigenvalue weighted by Gasteiger charge is 2.44. The van der Waals surface area contributed by atoms with Crippen LogP contribution in [0.25, 0.3) is 0 Å². The van der Waals surface area contributed by atoms with Crippen molar-refractivity contribution in [3.63, 3.8) is 0 Å². The highest BCUT2D eigenvalue weighted by Crippen LogP contribution is 2.41. The number of benzene rings is 1. The molecule has 1 aromatic carbocycles. The van der Waals surface area contributed by atoms with E-state index in [9.17, 15) is 18.5 Å². The van der Waals surface area contributed by atoms with E-state index in [-0.39, 0.29) is 15.3 Å². The molecule has 0 aromatic heterocycles. The SMILES string of the molecule is O=[N+]([O-])c1cc(Cl)ccc1S(=O)(=O)N1CCC2(CCNCC2)C1. The monoisotopic (exact) mass is 359 g/mol. The highest BCUT2D eigenvalue weighted by atomic mass is 35.5. The number of piperidine rings is 1. The van der Waals surface area contributed by atoms with E-state index in [2.05, 4.69) is 5.32 Å². The number of hydrogen-bond acceptors (Lipinski definition) is 5. The van der Waals surface area contributed by atoms with Crippen molar-refractivity contribution in [3.05, 3.63) is 33.3 Å². The molecule has 23 heavy (non-hydrogen) atoms. The Morgan fingerprint density at radius 1 is 1.26 bits per heavy atom. The Hall–Kier alpha value is -1.22. The van der Waals surface area contributed by atoms with Crippen molar-refractivity contribution < 1.29 is 13.3 Å². The van der Waals surface area contributed by atoms with Gasteiger partial charge in [0.25, 0.3) is 5.69 Å². The standard InChI is InChI=1S/C14H18ClN3O4S/c15-11-1-2-13(12(9-11)18(19)20)23(21,22)17-8-5-14(10-17)3-6-16-7-4-14/h1-2,9,16H,3-8,10H2. The fraction of sp³-hybridized carbons (Fsp3) is 0.571. The normalized spacial score (nSPS) is 21.6. The maximum Gasteiger partial charge on any atom is 0.290 e. The van der Waals surface area contributed by atoms with E-state index < -0.39 is 20.6 Å². The number of hydrogen-bond donors (Lipinski definition) is 1. The zero-order valence-corrected chi connectivity index (χ0v) is 14.1. The van der Waals surface area contributed by atoms with Crippen LogP contribution in [0.4, 0.5) is 5.69 Å². The van der Waals surface area contributed by atoms with Gasteiger partial charge < -0.3 is 5.32 Å². The first-order valence-corrected chi connectivity index (χ1v) is 9.31. The fourth-order valence-corrected chi connectivity index (χ4v) is 5.31. The number of nitro groups is 1. The molecule has 0 radical (unpaired) electrons. The number of nitro benzene ring substituents is 1. The summed E-state index contributed by atoms with van der Waals surface area (Å²) in [6.45, 7) is 2.60. The minimum atomic E-state index is -3.89. The Balaban J connectivity index is 1.92. The summed E-state index contributed by atoms with van der Waals surface area (Å²) in [5.74, 6) is 0. The van der Waals surface area contributed by atoms with Gasteiger partial charge in [-0.05, 0) is 49.9 Å². The predicted octanol–water partition coefficient (Wildman–Crippen LogP) is 2.01. The molecule has 2 aliphatic rings. The molecule has 2 saturated heterocycles. The van der Waals surface area contributed by atoms with Crippen LogP contribution in [0.15, 0.2) is 23.1 Å². The Labute approximate surface area is 139 Å². The molecule has 7 nitrogen and oxygen atoms in total. The van der Waals surface area contributed by atoms with E-state index in [1.807, 2.05) is 0 Å². The van der Waals surface area contributed by atoms with Gasteiger partial charge in [-0.3, -0.25) is 10.1 Å². The van der Waals surface area contributed by atoms with Crippen molar-refractivity contribution in [2.75, 3.05) is 26.2 Å². The average molecular weight is 360 g/mol. The molecule has 2 aliphatic heterocycles. The number of nitrogens with one attached hydrogen (secondary N) is 1. The largest absolute Gasteiger partial charge is 0.317 e. The maximum absolute atomic E-state index is 12.9. The number of halogens is 1. The first-order valence-electron chi connectivity index (χ1n) is 7.49. The van der Waals surface area contributed by atoms with E-state index >= 15 is 0 Å². The molecule has 0 saturated carbocycles. The molecule has 1 aromatic rings. The van der Waals surface area contributed by atoms with Gasteiger partial charge in [0.1, 0.15) is 0 Å². The molecule has 0 atom stereocenters. The minimum Gasteiger partial charge on any atom is -0.317 e. The van der Waals surface area contributed by atoms with Gasteiger partial charge in [-0.15, -0.1) is 0 Å². The topological polar surface area (TPSA) is 92.5 Å². The van der Waals surface area contributed by atoms with Gasteiger partial charge in [0.2, 0.25) is 10.0 Å². The zero-order valence-electron chi connectivity index (χ0n) is 12.5. The quantitative estimate of drug-likeness (QED) is 0.658. The molecule has 1 spiro atoms. The molecule has 1 N–H and O–H groups in total. The van der Waals surface area contributed by atoms with E-state index in [0.717, 1.165) is 38.4 Å². The number of sulfonamides is 1. The zero-order chi connectivity index (χ0) is 16.7. The van der Waals surface area contributed by atoms with Crippen LogP contribution in [0.1, 0.15) is 19.3 Å².